The lowest BCUT2D eigenvalue weighted by molar-refractivity contribution is -0.892. The number of benzene rings is 1. The summed E-state index contributed by atoms with van der Waals surface area (Å²) >= 11 is 0. The van der Waals surface area contributed by atoms with Gasteiger partial charge in [0, 0.05) is 0 Å². The number of ether oxygens (including phenoxy) is 1. The van der Waals surface area contributed by atoms with E-state index in [1.165, 1.54) is 0 Å². The smallest absolute Gasteiger partial charge is 0.414 e. The summed E-state index contributed by atoms with van der Waals surface area (Å²) < 4.78 is 4.67. The summed E-state index contributed by atoms with van der Waals surface area (Å²) in [5.74, 6) is -0.0598. The molecule has 7 heteroatoms. The number of hydrogen-bond donors (Lipinski definition) is 3. The Labute approximate surface area is 129 Å². The lowest BCUT2D eigenvalue weighted by atomic mass is 10.2. The highest BCUT2D eigenvalue weighted by Crippen LogP contribution is 2.25. The average Bonchev–Trinajstić information content (AvgIpc) is 2.49. The Morgan fingerprint density at radius 1 is 1.32 bits per heavy atom. The Balaban J connectivity index is 1.79. The number of nitrogens with one attached hydrogen (secondary N) is 2. The van der Waals surface area contributed by atoms with Crippen LogP contribution >= 0.6 is 0 Å². The van der Waals surface area contributed by atoms with Crippen LogP contribution in [0.5, 0.6) is 5.75 Å². The Hall–Kier alpha value is -2.28. The van der Waals surface area contributed by atoms with E-state index in [0.717, 1.165) is 36.8 Å². The number of phenolic OH excluding ortho intramolecular Hbond substituents is 1. The number of anilines is 1. The van der Waals surface area contributed by atoms with Gasteiger partial charge in [0.05, 0.1) is 38.5 Å². The molecule has 2 amide bonds. The van der Waals surface area contributed by atoms with Gasteiger partial charge in [-0.05, 0) is 19.1 Å². The maximum absolute atomic E-state index is 11.7. The van der Waals surface area contributed by atoms with Gasteiger partial charge in [-0.1, -0.05) is 12.1 Å². The second-order valence-electron chi connectivity index (χ2n) is 5.17. The zero-order chi connectivity index (χ0) is 15.9. The van der Waals surface area contributed by atoms with Crippen LogP contribution in [-0.2, 0) is 9.53 Å². The van der Waals surface area contributed by atoms with E-state index >= 15 is 0 Å². The van der Waals surface area contributed by atoms with Crippen molar-refractivity contribution in [2.45, 2.75) is 6.92 Å². The first kappa shape index (κ1) is 16.1. The lowest BCUT2D eigenvalue weighted by Gasteiger charge is -2.33. The van der Waals surface area contributed by atoms with Gasteiger partial charge >= 0.3 is 6.09 Å². The summed E-state index contributed by atoms with van der Waals surface area (Å²) in [6.45, 7) is 5.21. The second kappa shape index (κ2) is 7.65. The molecular formula is C15H22N3O4+. The van der Waals surface area contributed by atoms with E-state index in [9.17, 15) is 14.7 Å². The molecule has 0 radical (unpaired) electrons. The summed E-state index contributed by atoms with van der Waals surface area (Å²) in [6.07, 6.45) is -0.695. The van der Waals surface area contributed by atoms with E-state index < -0.39 is 6.09 Å². The van der Waals surface area contributed by atoms with Crippen molar-refractivity contribution >= 4 is 17.7 Å². The van der Waals surface area contributed by atoms with Crippen molar-refractivity contribution in [2.24, 2.45) is 0 Å². The molecule has 1 aromatic carbocycles. The zero-order valence-corrected chi connectivity index (χ0v) is 12.7. The fourth-order valence-corrected chi connectivity index (χ4v) is 2.52. The third kappa shape index (κ3) is 4.36. The number of rotatable bonds is 4. The second-order valence-corrected chi connectivity index (χ2v) is 5.17. The Morgan fingerprint density at radius 3 is 2.64 bits per heavy atom. The highest BCUT2D eigenvalue weighted by atomic mass is 16.5. The first-order valence-corrected chi connectivity index (χ1v) is 7.43. The van der Waals surface area contributed by atoms with Crippen LogP contribution in [0.4, 0.5) is 10.5 Å². The third-order valence-electron chi connectivity index (χ3n) is 3.62. The predicted molar refractivity (Wildman–Crippen MR) is 81.0 cm³/mol. The number of aromatic hydroxyl groups is 1. The molecule has 0 aromatic heterocycles. The highest BCUT2D eigenvalue weighted by molar-refractivity contribution is 5.92. The molecule has 0 saturated carbocycles. The molecular weight excluding hydrogens is 286 g/mol. The normalized spacial score (nSPS) is 15.4. The molecule has 7 nitrogen and oxygen atoms in total. The Morgan fingerprint density at radius 2 is 2.00 bits per heavy atom. The van der Waals surface area contributed by atoms with E-state index in [2.05, 4.69) is 15.0 Å². The first-order chi connectivity index (χ1) is 10.6. The Bertz CT molecular complexity index is 527. The molecule has 0 bridgehead atoms. The molecule has 3 N–H and O–H groups in total. The van der Waals surface area contributed by atoms with Gasteiger partial charge in [0.1, 0.15) is 5.75 Å². The van der Waals surface area contributed by atoms with Gasteiger partial charge in [-0.2, -0.15) is 0 Å². The number of piperazine rings is 1. The van der Waals surface area contributed by atoms with E-state index in [-0.39, 0.29) is 24.8 Å². The molecule has 1 aliphatic heterocycles. The molecule has 1 fully saturated rings. The summed E-state index contributed by atoms with van der Waals surface area (Å²) in [7, 11) is 0. The minimum absolute atomic E-state index is 0.241. The van der Waals surface area contributed by atoms with Crippen LogP contribution in [0.25, 0.3) is 0 Å². The zero-order valence-electron chi connectivity index (χ0n) is 12.7. The maximum Gasteiger partial charge on any atom is 0.414 e. The molecule has 1 aromatic rings. The standard InChI is InChI=1S/C15H21N3O4/c1-2-22-15(21)16-14(20)11-17-7-9-18(10-8-17)12-5-3-4-6-13(12)19/h3-6,19H,2,7-11H2,1H3,(H,16,20,21)/p+1. The molecule has 1 heterocycles. The fourth-order valence-electron chi connectivity index (χ4n) is 2.52. The molecule has 0 atom stereocenters. The summed E-state index contributed by atoms with van der Waals surface area (Å²) in [5, 5.41) is 12.1. The molecule has 1 saturated heterocycles. The van der Waals surface area contributed by atoms with Crippen molar-refractivity contribution in [3.8, 4) is 5.75 Å². The van der Waals surface area contributed by atoms with Crippen molar-refractivity contribution in [3.05, 3.63) is 24.3 Å². The first-order valence-electron chi connectivity index (χ1n) is 7.43. The van der Waals surface area contributed by atoms with E-state index in [4.69, 9.17) is 0 Å². The minimum atomic E-state index is -0.695. The molecule has 120 valence electrons. The number of alkyl carbamates (subject to hydrolysis) is 1. The number of quaternary nitrogens is 1. The number of para-hydroxylation sites is 2. The van der Waals surface area contributed by atoms with Crippen molar-refractivity contribution in [1.29, 1.82) is 0 Å². The highest BCUT2D eigenvalue weighted by Gasteiger charge is 2.24. The van der Waals surface area contributed by atoms with Crippen LogP contribution in [0.2, 0.25) is 0 Å². The SMILES string of the molecule is CCOC(=O)NC(=O)C[NH+]1CCN(c2ccccc2O)CC1. The van der Waals surface area contributed by atoms with Gasteiger partial charge in [-0.15, -0.1) is 0 Å². The molecule has 0 aliphatic carbocycles. The number of nitrogens with zero attached hydrogens (tertiary/aromatic N) is 1. The van der Waals surface area contributed by atoms with Crippen molar-refractivity contribution < 1.29 is 24.3 Å². The predicted octanol–water partition coefficient (Wildman–Crippen LogP) is -0.630. The topological polar surface area (TPSA) is 83.3 Å². The van der Waals surface area contributed by atoms with Crippen molar-refractivity contribution in [1.82, 2.24) is 5.32 Å². The average molecular weight is 308 g/mol. The van der Waals surface area contributed by atoms with Crippen LogP contribution in [0.15, 0.2) is 24.3 Å². The lowest BCUT2D eigenvalue weighted by Crippen LogP contribution is -3.16. The third-order valence-corrected chi connectivity index (χ3v) is 3.62. The van der Waals surface area contributed by atoms with Crippen LogP contribution in [0.1, 0.15) is 6.92 Å². The quantitative estimate of drug-likeness (QED) is 0.690. The van der Waals surface area contributed by atoms with E-state index in [0.29, 0.717) is 0 Å². The van der Waals surface area contributed by atoms with Crippen LogP contribution in [0.3, 0.4) is 0 Å². The minimum Gasteiger partial charge on any atom is -0.506 e. The van der Waals surface area contributed by atoms with Gasteiger partial charge in [0.2, 0.25) is 0 Å². The molecule has 22 heavy (non-hydrogen) atoms. The van der Waals surface area contributed by atoms with Crippen LogP contribution < -0.4 is 15.1 Å². The summed E-state index contributed by atoms with van der Waals surface area (Å²) in [6, 6.07) is 7.23. The number of carbonyl (C=O) groups is 2. The monoisotopic (exact) mass is 308 g/mol. The number of imide groups is 1. The van der Waals surface area contributed by atoms with Crippen molar-refractivity contribution in [2.75, 3.05) is 44.2 Å². The molecule has 2 rings (SSSR count). The van der Waals surface area contributed by atoms with E-state index in [1.54, 1.807) is 19.1 Å². The van der Waals surface area contributed by atoms with Gasteiger partial charge in [-0.25, -0.2) is 4.79 Å². The van der Waals surface area contributed by atoms with E-state index in [1.807, 2.05) is 12.1 Å². The molecule has 0 spiro atoms. The molecule has 1 aliphatic rings. The maximum atomic E-state index is 11.7. The fraction of sp³-hybridized carbons (Fsp3) is 0.467. The summed E-state index contributed by atoms with van der Waals surface area (Å²) in [4.78, 5) is 26.1. The van der Waals surface area contributed by atoms with Gasteiger partial charge in [0.25, 0.3) is 5.91 Å². The molecule has 0 unspecified atom stereocenters. The summed E-state index contributed by atoms with van der Waals surface area (Å²) in [5.41, 5.74) is 0.817. The van der Waals surface area contributed by atoms with Gasteiger partial charge in [0.15, 0.2) is 6.54 Å². The number of amides is 2. The van der Waals surface area contributed by atoms with Gasteiger partial charge in [-0.3, -0.25) is 10.1 Å². The number of phenols is 1. The number of carbonyl (C=O) groups excluding carboxylic acids is 2. The van der Waals surface area contributed by atoms with Crippen LogP contribution in [0, 0.1) is 0 Å². The van der Waals surface area contributed by atoms with Crippen molar-refractivity contribution in [3.63, 3.8) is 0 Å². The van der Waals surface area contributed by atoms with Crippen LogP contribution in [-0.4, -0.2) is 56.4 Å². The largest absolute Gasteiger partial charge is 0.506 e. The van der Waals surface area contributed by atoms with Gasteiger partial charge < -0.3 is 19.6 Å². The Kier molecular flexibility index (Phi) is 5.60. The number of hydrogen-bond acceptors (Lipinski definition) is 5.